The van der Waals surface area contributed by atoms with Crippen LogP contribution in [0, 0.1) is 17.7 Å². The predicted molar refractivity (Wildman–Crippen MR) is 83.8 cm³/mol. The second-order valence-electron chi connectivity index (χ2n) is 6.94. The summed E-state index contributed by atoms with van der Waals surface area (Å²) in [6.45, 7) is 6.67. The van der Waals surface area contributed by atoms with Crippen molar-refractivity contribution in [2.24, 2.45) is 11.8 Å². The van der Waals surface area contributed by atoms with E-state index < -0.39 is 0 Å². The van der Waals surface area contributed by atoms with Crippen LogP contribution in [0.25, 0.3) is 0 Å². The minimum atomic E-state index is -0.132. The van der Waals surface area contributed by atoms with Crippen molar-refractivity contribution in [2.45, 2.75) is 52.1 Å². The second kappa shape index (κ2) is 6.30. The van der Waals surface area contributed by atoms with Gasteiger partial charge in [-0.05, 0) is 43.6 Å². The van der Waals surface area contributed by atoms with Crippen molar-refractivity contribution >= 4 is 5.82 Å². The van der Waals surface area contributed by atoms with Gasteiger partial charge in [0.2, 0.25) is 0 Å². The largest absolute Gasteiger partial charge is 0.354 e. The maximum atomic E-state index is 14.8. The van der Waals surface area contributed by atoms with Crippen molar-refractivity contribution in [2.75, 3.05) is 18.0 Å². The number of nitrogens with zero attached hydrogens (tertiary/aromatic N) is 2. The third kappa shape index (κ3) is 4.16. The maximum Gasteiger partial charge on any atom is 0.170 e. The van der Waals surface area contributed by atoms with Crippen LogP contribution in [0.2, 0.25) is 0 Å². The predicted octanol–water partition coefficient (Wildman–Crippen LogP) is 3.35. The molecule has 0 amide bonds. The number of halogens is 1. The Bertz CT molecular complexity index is 467. The summed E-state index contributed by atoms with van der Waals surface area (Å²) < 4.78 is 14.8. The van der Waals surface area contributed by atoms with Gasteiger partial charge in [-0.2, -0.15) is 0 Å². The number of pyridine rings is 1. The highest BCUT2D eigenvalue weighted by molar-refractivity contribution is 5.43. The molecule has 1 aromatic rings. The molecule has 0 saturated heterocycles. The van der Waals surface area contributed by atoms with Crippen LogP contribution in [-0.4, -0.2) is 24.1 Å². The number of anilines is 1. The zero-order valence-electron chi connectivity index (χ0n) is 13.1. The summed E-state index contributed by atoms with van der Waals surface area (Å²) in [6, 6.07) is 2.15. The van der Waals surface area contributed by atoms with E-state index in [0.717, 1.165) is 30.5 Å². The summed E-state index contributed by atoms with van der Waals surface area (Å²) >= 11 is 0. The summed E-state index contributed by atoms with van der Waals surface area (Å²) in [7, 11) is 0. The van der Waals surface area contributed by atoms with Crippen molar-refractivity contribution in [3.8, 4) is 0 Å². The van der Waals surface area contributed by atoms with E-state index in [1.165, 1.54) is 25.7 Å². The van der Waals surface area contributed by atoms with E-state index in [2.05, 4.69) is 29.0 Å². The Morgan fingerprint density at radius 3 is 2.38 bits per heavy atom. The Kier molecular flexibility index (Phi) is 4.43. The molecule has 2 fully saturated rings. The van der Waals surface area contributed by atoms with E-state index in [4.69, 9.17) is 0 Å². The van der Waals surface area contributed by atoms with Crippen LogP contribution in [0.3, 0.4) is 0 Å². The maximum absolute atomic E-state index is 14.8. The molecule has 1 aromatic heterocycles. The lowest BCUT2D eigenvalue weighted by molar-refractivity contribution is 0.543. The molecule has 0 radical (unpaired) electrons. The zero-order chi connectivity index (χ0) is 14.8. The molecule has 3 rings (SSSR count). The van der Waals surface area contributed by atoms with Gasteiger partial charge in [0.25, 0.3) is 0 Å². The van der Waals surface area contributed by atoms with Crippen LogP contribution in [-0.2, 0) is 6.54 Å². The number of nitrogens with one attached hydrogen (secondary N) is 1. The first-order valence-electron chi connectivity index (χ1n) is 8.25. The number of hydrogen-bond donors (Lipinski definition) is 1. The standard InChI is InChI=1S/C17H26FN3/c1-12(2)20-9-15-7-8-19-17(16(15)18)21(10-13-3-4-13)11-14-5-6-14/h7-8,12-14,20H,3-6,9-11H2,1-2H3. The smallest absolute Gasteiger partial charge is 0.170 e. The molecule has 0 aliphatic heterocycles. The Balaban J connectivity index is 1.75. The highest BCUT2D eigenvalue weighted by Gasteiger charge is 2.31. The van der Waals surface area contributed by atoms with Gasteiger partial charge in [-0.25, -0.2) is 9.37 Å². The molecule has 1 heterocycles. The van der Waals surface area contributed by atoms with E-state index in [9.17, 15) is 4.39 Å². The van der Waals surface area contributed by atoms with Gasteiger partial charge in [0.05, 0.1) is 0 Å². The molecule has 2 aliphatic carbocycles. The molecule has 2 aliphatic rings. The average Bonchev–Trinajstić information content (AvgIpc) is 3.32. The number of aromatic nitrogens is 1. The van der Waals surface area contributed by atoms with Crippen LogP contribution in [0.15, 0.2) is 12.3 Å². The van der Waals surface area contributed by atoms with Gasteiger partial charge >= 0.3 is 0 Å². The average molecular weight is 291 g/mol. The van der Waals surface area contributed by atoms with Crippen LogP contribution < -0.4 is 10.2 Å². The fourth-order valence-electron chi connectivity index (χ4n) is 2.61. The fourth-order valence-corrected chi connectivity index (χ4v) is 2.61. The van der Waals surface area contributed by atoms with E-state index in [0.29, 0.717) is 18.4 Å². The summed E-state index contributed by atoms with van der Waals surface area (Å²) in [6.07, 6.45) is 6.91. The van der Waals surface area contributed by atoms with Gasteiger partial charge in [0.1, 0.15) is 0 Å². The Morgan fingerprint density at radius 2 is 1.86 bits per heavy atom. The van der Waals surface area contributed by atoms with E-state index in [1.54, 1.807) is 12.3 Å². The van der Waals surface area contributed by atoms with Gasteiger partial charge < -0.3 is 10.2 Å². The molecule has 21 heavy (non-hydrogen) atoms. The normalized spacial score (nSPS) is 18.3. The van der Waals surface area contributed by atoms with Gasteiger partial charge in [0, 0.05) is 37.4 Å². The Morgan fingerprint density at radius 1 is 1.24 bits per heavy atom. The van der Waals surface area contributed by atoms with Gasteiger partial charge in [-0.15, -0.1) is 0 Å². The molecular weight excluding hydrogens is 265 g/mol. The zero-order valence-corrected chi connectivity index (χ0v) is 13.1. The van der Waals surface area contributed by atoms with Crippen molar-refractivity contribution in [1.82, 2.24) is 10.3 Å². The molecule has 3 nitrogen and oxygen atoms in total. The summed E-state index contributed by atoms with van der Waals surface area (Å²) in [5, 5.41) is 3.29. The third-order valence-corrected chi connectivity index (χ3v) is 4.30. The van der Waals surface area contributed by atoms with Crippen LogP contribution in [0.1, 0.15) is 45.1 Å². The SMILES string of the molecule is CC(C)NCc1ccnc(N(CC2CC2)CC2CC2)c1F. The van der Waals surface area contributed by atoms with Gasteiger partial charge in [0.15, 0.2) is 11.6 Å². The molecule has 0 bridgehead atoms. The number of rotatable bonds is 8. The molecule has 4 heteroatoms. The highest BCUT2D eigenvalue weighted by Crippen LogP contribution is 2.36. The van der Waals surface area contributed by atoms with E-state index in [1.807, 2.05) is 0 Å². The molecule has 116 valence electrons. The molecule has 2 saturated carbocycles. The Hall–Kier alpha value is -1.16. The minimum absolute atomic E-state index is 0.132. The monoisotopic (exact) mass is 291 g/mol. The minimum Gasteiger partial charge on any atom is -0.354 e. The topological polar surface area (TPSA) is 28.2 Å². The van der Waals surface area contributed by atoms with Crippen molar-refractivity contribution < 1.29 is 4.39 Å². The highest BCUT2D eigenvalue weighted by atomic mass is 19.1. The lowest BCUT2D eigenvalue weighted by Crippen LogP contribution is -2.30. The first-order chi connectivity index (χ1) is 10.1. The molecule has 0 spiro atoms. The van der Waals surface area contributed by atoms with Crippen molar-refractivity contribution in [3.63, 3.8) is 0 Å². The summed E-state index contributed by atoms with van der Waals surface area (Å²) in [4.78, 5) is 6.55. The van der Waals surface area contributed by atoms with Crippen LogP contribution >= 0.6 is 0 Å². The van der Waals surface area contributed by atoms with Crippen LogP contribution in [0.5, 0.6) is 0 Å². The fraction of sp³-hybridized carbons (Fsp3) is 0.706. The number of hydrogen-bond acceptors (Lipinski definition) is 3. The van der Waals surface area contributed by atoms with Crippen molar-refractivity contribution in [1.29, 1.82) is 0 Å². The summed E-state index contributed by atoms with van der Waals surface area (Å²) in [5.74, 6) is 1.94. The van der Waals surface area contributed by atoms with Crippen LogP contribution in [0.4, 0.5) is 10.2 Å². The molecule has 0 aromatic carbocycles. The van der Waals surface area contributed by atoms with E-state index >= 15 is 0 Å². The molecular formula is C17H26FN3. The summed E-state index contributed by atoms with van der Waals surface area (Å²) in [5.41, 5.74) is 0.727. The lowest BCUT2D eigenvalue weighted by Gasteiger charge is -2.25. The van der Waals surface area contributed by atoms with Gasteiger partial charge in [-0.1, -0.05) is 13.8 Å². The lowest BCUT2D eigenvalue weighted by atomic mass is 10.2. The first kappa shape index (κ1) is 14.8. The first-order valence-corrected chi connectivity index (χ1v) is 8.25. The molecule has 0 atom stereocenters. The Labute approximate surface area is 126 Å². The second-order valence-corrected chi connectivity index (χ2v) is 6.94. The molecule has 0 unspecified atom stereocenters. The third-order valence-electron chi connectivity index (χ3n) is 4.30. The van der Waals surface area contributed by atoms with Gasteiger partial charge in [-0.3, -0.25) is 0 Å². The van der Waals surface area contributed by atoms with E-state index in [-0.39, 0.29) is 5.82 Å². The quantitative estimate of drug-likeness (QED) is 0.796. The molecule has 1 N–H and O–H groups in total. The van der Waals surface area contributed by atoms with Crippen molar-refractivity contribution in [3.05, 3.63) is 23.6 Å².